The van der Waals surface area contributed by atoms with Gasteiger partial charge >= 0.3 is 0 Å². The van der Waals surface area contributed by atoms with E-state index in [1.807, 2.05) is 32.9 Å². The van der Waals surface area contributed by atoms with Crippen molar-refractivity contribution in [2.75, 3.05) is 11.9 Å². The summed E-state index contributed by atoms with van der Waals surface area (Å²) in [5.74, 6) is -2.88. The lowest BCUT2D eigenvalue weighted by Crippen LogP contribution is -2.33. The van der Waals surface area contributed by atoms with Gasteiger partial charge in [-0.3, -0.25) is 14.5 Å². The van der Waals surface area contributed by atoms with Gasteiger partial charge in [-0.15, -0.1) is 0 Å². The molecule has 27 heavy (non-hydrogen) atoms. The van der Waals surface area contributed by atoms with Gasteiger partial charge in [-0.25, -0.2) is 8.78 Å². The maximum absolute atomic E-state index is 13.5. The van der Waals surface area contributed by atoms with E-state index in [0.717, 1.165) is 23.3 Å². The van der Waals surface area contributed by atoms with Crippen LogP contribution in [0.2, 0.25) is 0 Å². The first-order valence-corrected chi connectivity index (χ1v) is 8.73. The number of amides is 2. The molecule has 0 aromatic heterocycles. The summed E-state index contributed by atoms with van der Waals surface area (Å²) in [6.07, 6.45) is 0.621. The van der Waals surface area contributed by atoms with Gasteiger partial charge in [-0.2, -0.15) is 0 Å². The number of nitrogens with zero attached hydrogens (tertiary/aromatic N) is 1. The fourth-order valence-electron chi connectivity index (χ4n) is 3.00. The normalized spacial score (nSPS) is 14.3. The third kappa shape index (κ3) is 3.47. The molecule has 2 aromatic rings. The van der Waals surface area contributed by atoms with Crippen molar-refractivity contribution in [2.24, 2.45) is 0 Å². The number of imide groups is 1. The van der Waals surface area contributed by atoms with Crippen LogP contribution < -0.4 is 5.32 Å². The molecule has 0 saturated carbocycles. The summed E-state index contributed by atoms with van der Waals surface area (Å²) >= 11 is 0. The summed E-state index contributed by atoms with van der Waals surface area (Å²) in [4.78, 5) is 26.9. The fourth-order valence-corrected chi connectivity index (χ4v) is 3.00. The van der Waals surface area contributed by atoms with Crippen molar-refractivity contribution in [1.29, 1.82) is 0 Å². The number of hydrogen-bond acceptors (Lipinski definition) is 3. The highest BCUT2D eigenvalue weighted by atomic mass is 19.2. The van der Waals surface area contributed by atoms with Gasteiger partial charge in [-0.05, 0) is 49.1 Å². The van der Waals surface area contributed by atoms with Gasteiger partial charge in [0.25, 0.3) is 11.8 Å². The Hall–Kier alpha value is -3.02. The zero-order valence-corrected chi connectivity index (χ0v) is 15.4. The number of hydrogen-bond donors (Lipinski definition) is 1. The van der Waals surface area contributed by atoms with Gasteiger partial charge in [0, 0.05) is 18.3 Å². The molecule has 1 aliphatic heterocycles. The SMILES string of the molecule is CCCN1C(=O)C(Nc2ccc(F)c(F)c2)=C(c2ccc(C)c(C)c2)C1=O. The zero-order valence-electron chi connectivity index (χ0n) is 15.4. The minimum absolute atomic E-state index is 0.0720. The summed E-state index contributed by atoms with van der Waals surface area (Å²) < 4.78 is 26.7. The van der Waals surface area contributed by atoms with E-state index in [4.69, 9.17) is 0 Å². The van der Waals surface area contributed by atoms with Gasteiger partial charge < -0.3 is 5.32 Å². The molecule has 0 unspecified atom stereocenters. The van der Waals surface area contributed by atoms with Crippen LogP contribution >= 0.6 is 0 Å². The predicted octanol–water partition coefficient (Wildman–Crippen LogP) is 4.18. The van der Waals surface area contributed by atoms with E-state index < -0.39 is 23.4 Å². The molecule has 2 aromatic carbocycles. The van der Waals surface area contributed by atoms with E-state index in [1.54, 1.807) is 6.07 Å². The molecule has 0 atom stereocenters. The van der Waals surface area contributed by atoms with Gasteiger partial charge in [0.05, 0.1) is 5.57 Å². The minimum atomic E-state index is -1.03. The third-order valence-electron chi connectivity index (χ3n) is 4.60. The molecule has 1 N–H and O–H groups in total. The van der Waals surface area contributed by atoms with Crippen LogP contribution in [0.25, 0.3) is 5.57 Å². The van der Waals surface area contributed by atoms with E-state index in [9.17, 15) is 18.4 Å². The number of halogens is 2. The standard InChI is InChI=1S/C21H20F2N2O2/c1-4-9-25-20(26)18(14-6-5-12(2)13(3)10-14)19(21(25)27)24-15-7-8-16(22)17(23)11-15/h5-8,10-11,24H,4,9H2,1-3H3. The lowest BCUT2D eigenvalue weighted by Gasteiger charge is -2.13. The third-order valence-corrected chi connectivity index (χ3v) is 4.60. The molecule has 1 aliphatic rings. The minimum Gasteiger partial charge on any atom is -0.350 e. The van der Waals surface area contributed by atoms with Crippen LogP contribution in [0, 0.1) is 25.5 Å². The van der Waals surface area contributed by atoms with Gasteiger partial charge in [-0.1, -0.05) is 25.1 Å². The molecule has 0 bridgehead atoms. The number of benzene rings is 2. The topological polar surface area (TPSA) is 49.4 Å². The maximum atomic E-state index is 13.5. The Morgan fingerprint density at radius 3 is 2.30 bits per heavy atom. The number of carbonyl (C=O) groups excluding carboxylic acids is 2. The summed E-state index contributed by atoms with van der Waals surface area (Å²) in [6, 6.07) is 8.76. The maximum Gasteiger partial charge on any atom is 0.278 e. The Kier molecular flexibility index (Phi) is 5.08. The van der Waals surface area contributed by atoms with E-state index in [-0.39, 0.29) is 23.5 Å². The van der Waals surface area contributed by atoms with E-state index in [0.29, 0.717) is 12.0 Å². The fraction of sp³-hybridized carbons (Fsp3) is 0.238. The number of carbonyl (C=O) groups is 2. The number of anilines is 1. The second-order valence-electron chi connectivity index (χ2n) is 6.56. The Morgan fingerprint density at radius 1 is 0.926 bits per heavy atom. The van der Waals surface area contributed by atoms with Crippen LogP contribution in [-0.4, -0.2) is 23.3 Å². The van der Waals surface area contributed by atoms with E-state index in [1.165, 1.54) is 11.0 Å². The Bertz CT molecular complexity index is 967. The molecule has 3 rings (SSSR count). The van der Waals surface area contributed by atoms with E-state index in [2.05, 4.69) is 5.32 Å². The zero-order chi connectivity index (χ0) is 19.7. The molecule has 6 heteroatoms. The van der Waals surface area contributed by atoms with Crippen molar-refractivity contribution in [3.8, 4) is 0 Å². The molecule has 0 saturated heterocycles. The smallest absolute Gasteiger partial charge is 0.278 e. The van der Waals surface area contributed by atoms with E-state index >= 15 is 0 Å². The van der Waals surface area contributed by atoms with Crippen LogP contribution in [0.3, 0.4) is 0 Å². The van der Waals surface area contributed by atoms with Crippen molar-refractivity contribution < 1.29 is 18.4 Å². The molecule has 0 aliphatic carbocycles. The molecular weight excluding hydrogens is 350 g/mol. The van der Waals surface area contributed by atoms with Crippen LogP contribution in [0.5, 0.6) is 0 Å². The average molecular weight is 370 g/mol. The van der Waals surface area contributed by atoms with Crippen molar-refractivity contribution in [1.82, 2.24) is 4.90 Å². The lowest BCUT2D eigenvalue weighted by atomic mass is 9.99. The summed E-state index contributed by atoms with van der Waals surface area (Å²) in [5.41, 5.74) is 3.17. The summed E-state index contributed by atoms with van der Waals surface area (Å²) in [6.45, 7) is 6.04. The van der Waals surface area contributed by atoms with Crippen molar-refractivity contribution in [3.05, 3.63) is 70.4 Å². The Morgan fingerprint density at radius 2 is 1.67 bits per heavy atom. The lowest BCUT2D eigenvalue weighted by molar-refractivity contribution is -0.136. The predicted molar refractivity (Wildman–Crippen MR) is 99.8 cm³/mol. The number of nitrogens with one attached hydrogen (secondary N) is 1. The second kappa shape index (κ2) is 7.31. The Labute approximate surface area is 156 Å². The number of rotatable bonds is 5. The molecule has 4 nitrogen and oxygen atoms in total. The molecule has 0 spiro atoms. The van der Waals surface area contributed by atoms with Gasteiger partial charge in [0.1, 0.15) is 5.70 Å². The molecule has 0 fully saturated rings. The number of aryl methyl sites for hydroxylation is 2. The highest BCUT2D eigenvalue weighted by Gasteiger charge is 2.38. The second-order valence-corrected chi connectivity index (χ2v) is 6.56. The molecule has 0 radical (unpaired) electrons. The Balaban J connectivity index is 2.10. The highest BCUT2D eigenvalue weighted by Crippen LogP contribution is 2.31. The van der Waals surface area contributed by atoms with Crippen LogP contribution in [0.1, 0.15) is 30.0 Å². The van der Waals surface area contributed by atoms with Crippen molar-refractivity contribution >= 4 is 23.1 Å². The quantitative estimate of drug-likeness (QED) is 0.803. The molecular formula is C21H20F2N2O2. The molecule has 140 valence electrons. The van der Waals surface area contributed by atoms with Crippen LogP contribution in [0.15, 0.2) is 42.1 Å². The monoisotopic (exact) mass is 370 g/mol. The van der Waals surface area contributed by atoms with Crippen LogP contribution in [-0.2, 0) is 9.59 Å². The van der Waals surface area contributed by atoms with Gasteiger partial charge in [0.15, 0.2) is 11.6 Å². The molecule has 2 amide bonds. The first-order chi connectivity index (χ1) is 12.8. The largest absolute Gasteiger partial charge is 0.350 e. The highest BCUT2D eigenvalue weighted by molar-refractivity contribution is 6.36. The summed E-state index contributed by atoms with van der Waals surface area (Å²) in [7, 11) is 0. The first kappa shape index (κ1) is 18.8. The average Bonchev–Trinajstić information content (AvgIpc) is 2.85. The van der Waals surface area contributed by atoms with Gasteiger partial charge in [0.2, 0.25) is 0 Å². The summed E-state index contributed by atoms with van der Waals surface area (Å²) in [5, 5.41) is 2.82. The van der Waals surface area contributed by atoms with Crippen molar-refractivity contribution in [2.45, 2.75) is 27.2 Å². The first-order valence-electron chi connectivity index (χ1n) is 8.73. The molecule has 1 heterocycles. The van der Waals surface area contributed by atoms with Crippen molar-refractivity contribution in [3.63, 3.8) is 0 Å². The van der Waals surface area contributed by atoms with Crippen LogP contribution in [0.4, 0.5) is 14.5 Å².